The Kier molecular flexibility index (Phi) is 7.51. The first-order chi connectivity index (χ1) is 24.7. The zero-order valence-electron chi connectivity index (χ0n) is 29.9. The summed E-state index contributed by atoms with van der Waals surface area (Å²) in [6, 6.07) is 22.8. The minimum Gasteiger partial charge on any atom is -0.0842 e. The third-order valence-corrected chi connectivity index (χ3v) is 13.8. The van der Waals surface area contributed by atoms with E-state index in [-0.39, 0.29) is 0 Å². The van der Waals surface area contributed by atoms with Crippen LogP contribution in [0.4, 0.5) is 0 Å². The van der Waals surface area contributed by atoms with Crippen molar-refractivity contribution in [1.29, 1.82) is 0 Å². The second-order valence-electron chi connectivity index (χ2n) is 16.5. The molecular formula is C50H50. The lowest BCUT2D eigenvalue weighted by atomic mass is 9.65. The van der Waals surface area contributed by atoms with Crippen LogP contribution in [0.1, 0.15) is 95.1 Å². The van der Waals surface area contributed by atoms with Crippen LogP contribution in [0, 0.1) is 29.6 Å². The van der Waals surface area contributed by atoms with Gasteiger partial charge in [-0.25, -0.2) is 0 Å². The molecule has 50 heavy (non-hydrogen) atoms. The van der Waals surface area contributed by atoms with E-state index in [0.29, 0.717) is 35.5 Å². The van der Waals surface area contributed by atoms with E-state index in [1.807, 2.05) is 16.7 Å². The van der Waals surface area contributed by atoms with Gasteiger partial charge in [0.05, 0.1) is 0 Å². The van der Waals surface area contributed by atoms with E-state index in [0.717, 1.165) is 19.3 Å². The molecule has 2 aromatic rings. The Labute approximate surface area is 299 Å². The molecule has 6 atom stereocenters. The summed E-state index contributed by atoms with van der Waals surface area (Å²) < 4.78 is 0. The lowest BCUT2D eigenvalue weighted by Gasteiger charge is -2.39. The van der Waals surface area contributed by atoms with Crippen molar-refractivity contribution in [2.24, 2.45) is 29.6 Å². The fraction of sp³-hybridized carbons (Fsp3) is 0.360. The van der Waals surface area contributed by atoms with Gasteiger partial charge in [-0.15, -0.1) is 0 Å². The summed E-state index contributed by atoms with van der Waals surface area (Å²) >= 11 is 0. The molecule has 250 valence electrons. The number of allylic oxidation sites excluding steroid dienone is 20. The second-order valence-corrected chi connectivity index (χ2v) is 16.5. The van der Waals surface area contributed by atoms with E-state index in [9.17, 15) is 0 Å². The molecule has 0 saturated carbocycles. The van der Waals surface area contributed by atoms with Crippen LogP contribution < -0.4 is 0 Å². The first-order valence-electron chi connectivity index (χ1n) is 19.8. The summed E-state index contributed by atoms with van der Waals surface area (Å²) in [6.45, 7) is 4.88. The van der Waals surface area contributed by atoms with Crippen LogP contribution >= 0.6 is 0 Å². The molecule has 0 heterocycles. The summed E-state index contributed by atoms with van der Waals surface area (Å²) in [7, 11) is 0. The van der Waals surface area contributed by atoms with Gasteiger partial charge < -0.3 is 0 Å². The van der Waals surface area contributed by atoms with Crippen molar-refractivity contribution in [2.75, 3.05) is 0 Å². The van der Waals surface area contributed by atoms with Gasteiger partial charge in [0.25, 0.3) is 0 Å². The molecule has 0 aromatic heterocycles. The van der Waals surface area contributed by atoms with E-state index < -0.39 is 0 Å². The maximum Gasteiger partial charge on any atom is 0.0102 e. The van der Waals surface area contributed by atoms with Crippen molar-refractivity contribution in [3.63, 3.8) is 0 Å². The normalized spacial score (nSPS) is 31.4. The Morgan fingerprint density at radius 3 is 2.48 bits per heavy atom. The fourth-order valence-corrected chi connectivity index (χ4v) is 12.1. The van der Waals surface area contributed by atoms with Crippen LogP contribution in [-0.4, -0.2) is 0 Å². The largest absolute Gasteiger partial charge is 0.0842 e. The van der Waals surface area contributed by atoms with Crippen molar-refractivity contribution in [3.05, 3.63) is 182 Å². The van der Waals surface area contributed by atoms with Gasteiger partial charge in [-0.1, -0.05) is 132 Å². The number of hydrogen-bond acceptors (Lipinski definition) is 0. The Balaban J connectivity index is 1.22. The zero-order valence-corrected chi connectivity index (χ0v) is 29.9. The van der Waals surface area contributed by atoms with Crippen LogP contribution in [0.15, 0.2) is 171 Å². The molecule has 2 aromatic carbocycles. The molecule has 0 saturated heterocycles. The summed E-state index contributed by atoms with van der Waals surface area (Å²) in [4.78, 5) is 0. The van der Waals surface area contributed by atoms with Gasteiger partial charge in [-0.2, -0.15) is 0 Å². The van der Waals surface area contributed by atoms with E-state index in [1.54, 1.807) is 44.6 Å². The molecule has 6 unspecified atom stereocenters. The quantitative estimate of drug-likeness (QED) is 0.283. The van der Waals surface area contributed by atoms with Crippen LogP contribution in [0.3, 0.4) is 0 Å². The maximum atomic E-state index is 2.77. The van der Waals surface area contributed by atoms with Crippen molar-refractivity contribution in [3.8, 4) is 0 Å². The minimum atomic E-state index is 0.426. The molecule has 0 radical (unpaired) electrons. The van der Waals surface area contributed by atoms with Crippen LogP contribution in [0.2, 0.25) is 0 Å². The lowest BCUT2D eigenvalue weighted by Crippen LogP contribution is -2.28. The van der Waals surface area contributed by atoms with Gasteiger partial charge in [0, 0.05) is 23.7 Å². The molecule has 0 N–H and O–H groups in total. The smallest absolute Gasteiger partial charge is 0.0102 e. The molecule has 8 aliphatic carbocycles. The highest BCUT2D eigenvalue weighted by Gasteiger charge is 2.55. The van der Waals surface area contributed by atoms with Gasteiger partial charge in [0.15, 0.2) is 0 Å². The SMILES string of the molecule is CC1=CC2=CC=CC3C4=C(C(C1)C23)C1C2=C(CCC2)CC1C(C=C(C)C1=C(c2ccccc2)CCCC1c1ccccc1)=C4C1=CC=CCC1. The third-order valence-electron chi connectivity index (χ3n) is 13.8. The number of fused-ring (bicyclic) bond motifs is 5. The number of hydrogen-bond donors (Lipinski definition) is 0. The fourth-order valence-electron chi connectivity index (χ4n) is 12.1. The first kappa shape index (κ1) is 30.6. The lowest BCUT2D eigenvalue weighted by molar-refractivity contribution is 0.372. The van der Waals surface area contributed by atoms with Crippen LogP contribution in [0.25, 0.3) is 5.57 Å². The van der Waals surface area contributed by atoms with E-state index in [4.69, 9.17) is 0 Å². The number of rotatable bonds is 5. The standard InChI is InChI=1S/C50H50/c1-31-27-37-22-13-26-41-46(37)44(28-31)50-48-40-23-12-21-36(40)30-43(48)42(47(49(41)50)35-19-10-5-11-20-35)29-32(2)45-38(33-15-6-3-7-16-33)24-14-25-39(45)34-17-8-4-9-18-34/h3-10,13,15-19,22,26-27,29,38,41,43-44,46,48H,11-12,14,20-21,23-25,28,30H2,1-2H3. The van der Waals surface area contributed by atoms with E-state index in [1.165, 1.54) is 61.6 Å². The molecule has 0 spiro atoms. The molecule has 0 heteroatoms. The molecular weight excluding hydrogens is 601 g/mol. The Morgan fingerprint density at radius 2 is 1.66 bits per heavy atom. The predicted octanol–water partition coefficient (Wildman–Crippen LogP) is 13.1. The highest BCUT2D eigenvalue weighted by molar-refractivity contribution is 5.76. The molecule has 0 bridgehead atoms. The second kappa shape index (κ2) is 12.3. The topological polar surface area (TPSA) is 0 Å². The summed E-state index contributed by atoms with van der Waals surface area (Å²) in [5, 5.41) is 0. The van der Waals surface area contributed by atoms with Crippen LogP contribution in [-0.2, 0) is 0 Å². The highest BCUT2D eigenvalue weighted by Crippen LogP contribution is 2.66. The molecule has 0 aliphatic heterocycles. The zero-order chi connectivity index (χ0) is 33.3. The first-order valence-corrected chi connectivity index (χ1v) is 19.8. The van der Waals surface area contributed by atoms with Crippen molar-refractivity contribution < 1.29 is 0 Å². The molecule has 0 fully saturated rings. The Bertz CT molecular complexity index is 2070. The number of benzene rings is 2. The predicted molar refractivity (Wildman–Crippen MR) is 209 cm³/mol. The average Bonchev–Trinajstić information content (AvgIpc) is 3.86. The van der Waals surface area contributed by atoms with Gasteiger partial charge in [0.2, 0.25) is 0 Å². The van der Waals surface area contributed by atoms with E-state index >= 15 is 0 Å². The molecule has 10 rings (SSSR count). The van der Waals surface area contributed by atoms with Gasteiger partial charge in [0.1, 0.15) is 0 Å². The summed E-state index contributed by atoms with van der Waals surface area (Å²) in [6.07, 6.45) is 32.4. The highest BCUT2D eigenvalue weighted by atomic mass is 14.6. The van der Waals surface area contributed by atoms with Gasteiger partial charge in [-0.3, -0.25) is 0 Å². The summed E-state index contributed by atoms with van der Waals surface area (Å²) in [5.74, 6) is 3.33. The Morgan fingerprint density at radius 1 is 0.820 bits per heavy atom. The van der Waals surface area contributed by atoms with Crippen molar-refractivity contribution in [2.45, 2.75) is 84.0 Å². The maximum absolute atomic E-state index is 2.77. The third kappa shape index (κ3) is 4.77. The van der Waals surface area contributed by atoms with E-state index in [2.05, 4.69) is 123 Å². The minimum absolute atomic E-state index is 0.426. The molecule has 0 nitrogen and oxygen atoms in total. The Hall–Kier alpha value is -4.16. The summed E-state index contributed by atoms with van der Waals surface area (Å²) in [5.41, 5.74) is 22.9. The van der Waals surface area contributed by atoms with Gasteiger partial charge >= 0.3 is 0 Å². The van der Waals surface area contributed by atoms with Crippen molar-refractivity contribution >= 4 is 5.57 Å². The molecule has 0 amide bonds. The average molecular weight is 651 g/mol. The van der Waals surface area contributed by atoms with Crippen molar-refractivity contribution in [1.82, 2.24) is 0 Å². The van der Waals surface area contributed by atoms with Crippen LogP contribution in [0.5, 0.6) is 0 Å². The molecule has 8 aliphatic rings. The monoisotopic (exact) mass is 650 g/mol. The van der Waals surface area contributed by atoms with Gasteiger partial charge in [-0.05, 0) is 146 Å².